The molecule has 6 rings (SSSR count). The number of rotatable bonds is 2. The van der Waals surface area contributed by atoms with Crippen LogP contribution in [-0.4, -0.2) is 55.1 Å². The van der Waals surface area contributed by atoms with Gasteiger partial charge in [-0.3, -0.25) is 0 Å². The van der Waals surface area contributed by atoms with Crippen molar-refractivity contribution >= 4 is 75.8 Å². The Bertz CT molecular complexity index is 2290. The van der Waals surface area contributed by atoms with E-state index in [1.54, 1.807) is 0 Å². The van der Waals surface area contributed by atoms with Crippen molar-refractivity contribution in [1.29, 1.82) is 0 Å². The van der Waals surface area contributed by atoms with Crippen LogP contribution in [0.3, 0.4) is 0 Å². The molecule has 1 aliphatic heterocycles. The highest BCUT2D eigenvalue weighted by molar-refractivity contribution is 6.21. The lowest BCUT2D eigenvalue weighted by Gasteiger charge is -2.20. The summed E-state index contributed by atoms with van der Waals surface area (Å²) in [6.45, 7) is 37.9. The van der Waals surface area contributed by atoms with Gasteiger partial charge in [-0.2, -0.15) is 0 Å². The molecule has 6 nitrogen and oxygen atoms in total. The van der Waals surface area contributed by atoms with Gasteiger partial charge in [0, 0.05) is 17.8 Å². The third-order valence-electron chi connectivity index (χ3n) is 11.7. The van der Waals surface area contributed by atoms with E-state index in [4.69, 9.17) is 0 Å². The number of aromatic nitrogens is 1. The minimum absolute atomic E-state index is 0. The topological polar surface area (TPSA) is 57.4 Å². The maximum atomic E-state index is 4.54. The van der Waals surface area contributed by atoms with Crippen LogP contribution in [0, 0.1) is 83.1 Å². The highest BCUT2D eigenvalue weighted by Crippen LogP contribution is 2.47. The average Bonchev–Trinajstić information content (AvgIpc) is 3.53. The number of fused-ring (bicyclic) bond motifs is 4. The third kappa shape index (κ3) is 4.86. The summed E-state index contributed by atoms with van der Waals surface area (Å²) in [5, 5.41) is 7.69. The van der Waals surface area contributed by atoms with Crippen molar-refractivity contribution in [3.8, 4) is 0 Å². The first-order valence-corrected chi connectivity index (χ1v) is 16.6. The molecule has 0 N–H and O–H groups in total. The summed E-state index contributed by atoms with van der Waals surface area (Å²) >= 11 is 0. The second kappa shape index (κ2) is 13.0. The minimum Gasteiger partial charge on any atom is -0.313 e. The Hall–Kier alpha value is -4.71. The summed E-state index contributed by atoms with van der Waals surface area (Å²) in [7, 11) is 5.85. The molecule has 1 aliphatic rings. The number of benzene rings is 4. The Morgan fingerprint density at radius 3 is 1.08 bits per heavy atom. The van der Waals surface area contributed by atoms with E-state index in [1.807, 2.05) is 25.7 Å². The molecule has 6 heteroatoms. The second-order valence-corrected chi connectivity index (χ2v) is 13.6. The minimum atomic E-state index is 0. The Morgan fingerprint density at radius 2 is 0.776 bits per heavy atom. The van der Waals surface area contributed by atoms with E-state index in [-0.39, 0.29) is 7.43 Å². The van der Waals surface area contributed by atoms with Gasteiger partial charge in [-0.25, -0.2) is 14.6 Å². The van der Waals surface area contributed by atoms with Crippen LogP contribution in [0.1, 0.15) is 85.3 Å². The lowest BCUT2D eigenvalue weighted by molar-refractivity contribution is -0.367. The Labute approximate surface area is 293 Å². The van der Waals surface area contributed by atoms with Gasteiger partial charge < -0.3 is 4.57 Å². The molecule has 4 aromatic carbocycles. The first kappa shape index (κ1) is 37.1. The molecule has 1 aromatic heterocycles. The smallest absolute Gasteiger partial charge is 0.270 e. The number of aliphatic imine (C=N–C) groups is 4. The van der Waals surface area contributed by atoms with Gasteiger partial charge in [0.05, 0.1) is 31.9 Å². The van der Waals surface area contributed by atoms with Gasteiger partial charge in [-0.1, -0.05) is 7.43 Å². The van der Waals surface area contributed by atoms with Gasteiger partial charge in [0.2, 0.25) is 0 Å². The van der Waals surface area contributed by atoms with Crippen LogP contribution in [0.15, 0.2) is 20.0 Å². The zero-order valence-electron chi connectivity index (χ0n) is 31.8. The number of aryl methyl sites for hydroxylation is 8. The summed E-state index contributed by atoms with van der Waals surface area (Å²) in [4.78, 5) is 17.4. The van der Waals surface area contributed by atoms with Crippen LogP contribution in [0.25, 0.3) is 32.3 Å². The summed E-state index contributed by atoms with van der Waals surface area (Å²) in [5.74, 6) is 3.61. The van der Waals surface area contributed by atoms with Crippen LogP contribution in [-0.2, 0) is 7.05 Å². The van der Waals surface area contributed by atoms with Crippen molar-refractivity contribution in [2.45, 2.75) is 90.5 Å². The summed E-state index contributed by atoms with van der Waals surface area (Å²) < 4.78 is 4.05. The quantitative estimate of drug-likeness (QED) is 0.134. The highest BCUT2D eigenvalue weighted by Gasteiger charge is 2.36. The predicted molar refractivity (Wildman–Crippen MR) is 219 cm³/mol. The van der Waals surface area contributed by atoms with E-state index in [0.29, 0.717) is 0 Å². The molecule has 2 heterocycles. The average molecular weight is 656 g/mol. The van der Waals surface area contributed by atoms with Crippen molar-refractivity contribution in [3.05, 3.63) is 77.9 Å². The SMILES string of the molecule is C.C=NC1=[N+](C)C(=NC)c2c1c(C)c1c(C)c(C)c(C)c(C)c1c2C.C=Nc1c2c(C)c3c(C)c(C)c(C)c(C)c3c(C)c2c(N=C)n1C. The molecule has 0 fully saturated rings. The van der Waals surface area contributed by atoms with E-state index in [9.17, 15) is 0 Å². The maximum Gasteiger partial charge on any atom is 0.270 e. The van der Waals surface area contributed by atoms with Crippen LogP contribution < -0.4 is 0 Å². The monoisotopic (exact) mass is 655 g/mol. The summed E-state index contributed by atoms with van der Waals surface area (Å²) in [5.41, 5.74) is 18.4. The molecule has 5 aromatic rings. The molecule has 0 amide bonds. The fourth-order valence-electron chi connectivity index (χ4n) is 8.56. The van der Waals surface area contributed by atoms with Crippen molar-refractivity contribution in [3.63, 3.8) is 0 Å². The first-order chi connectivity index (χ1) is 22.5. The van der Waals surface area contributed by atoms with E-state index in [1.165, 1.54) is 99.4 Å². The molecule has 0 saturated heterocycles. The molecule has 0 aliphatic carbocycles. The predicted octanol–water partition coefficient (Wildman–Crippen LogP) is 10.7. The van der Waals surface area contributed by atoms with E-state index in [0.717, 1.165) is 34.1 Å². The normalized spacial score (nSPS) is 13.2. The van der Waals surface area contributed by atoms with Gasteiger partial charge in [0.15, 0.2) is 0 Å². The molecule has 256 valence electrons. The fourth-order valence-corrected chi connectivity index (χ4v) is 8.56. The van der Waals surface area contributed by atoms with Crippen LogP contribution in [0.4, 0.5) is 11.6 Å². The van der Waals surface area contributed by atoms with E-state index < -0.39 is 0 Å². The fraction of sp³-hybridized carbons (Fsp3) is 0.372. The molecule has 49 heavy (non-hydrogen) atoms. The third-order valence-corrected chi connectivity index (χ3v) is 11.7. The molecule has 0 saturated carbocycles. The molecule has 0 unspecified atom stereocenters. The number of amidine groups is 2. The highest BCUT2D eigenvalue weighted by atomic mass is 15.1. The molecular formula is C43H55N6+. The molecule has 0 spiro atoms. The van der Waals surface area contributed by atoms with Crippen molar-refractivity contribution < 1.29 is 4.58 Å². The van der Waals surface area contributed by atoms with Gasteiger partial charge in [0.25, 0.3) is 11.7 Å². The van der Waals surface area contributed by atoms with E-state index in [2.05, 4.69) is 128 Å². The Kier molecular flexibility index (Phi) is 9.82. The van der Waals surface area contributed by atoms with E-state index >= 15 is 0 Å². The second-order valence-electron chi connectivity index (χ2n) is 13.6. The number of hydrogen-bond acceptors (Lipinski definition) is 4. The van der Waals surface area contributed by atoms with Crippen molar-refractivity contribution in [2.24, 2.45) is 27.0 Å². The van der Waals surface area contributed by atoms with Gasteiger partial charge in [0.1, 0.15) is 11.6 Å². The maximum absolute atomic E-state index is 4.54. The lowest BCUT2D eigenvalue weighted by Crippen LogP contribution is -2.16. The summed E-state index contributed by atoms with van der Waals surface area (Å²) in [6.07, 6.45) is 0. The molecule has 0 bridgehead atoms. The van der Waals surface area contributed by atoms with Gasteiger partial charge in [-0.15, -0.1) is 9.98 Å². The zero-order chi connectivity index (χ0) is 35.8. The molecule has 0 radical (unpaired) electrons. The van der Waals surface area contributed by atoms with Crippen molar-refractivity contribution in [1.82, 2.24) is 4.57 Å². The zero-order valence-corrected chi connectivity index (χ0v) is 31.8. The lowest BCUT2D eigenvalue weighted by atomic mass is 9.83. The van der Waals surface area contributed by atoms with Gasteiger partial charge >= 0.3 is 0 Å². The van der Waals surface area contributed by atoms with Crippen LogP contribution in [0.2, 0.25) is 0 Å². The molecule has 0 atom stereocenters. The Balaban J connectivity index is 0.000000216. The van der Waals surface area contributed by atoms with Crippen molar-refractivity contribution in [2.75, 3.05) is 14.1 Å². The number of hydrogen-bond donors (Lipinski definition) is 0. The standard InChI is InChI=1S/C21H26N3.C21H25N3.CH4/c2*1-10-11(2)13(4)17-15(6)19-18(14(5)16(17)12(10)3)20(22-7)24(9)21(19)23-8;/h7H2,1-6,8-9H3;7-8H2,1-6,9H3;1H4/q+1;;. The first-order valence-electron chi connectivity index (χ1n) is 16.6. The van der Waals surface area contributed by atoms with Crippen LogP contribution in [0.5, 0.6) is 0 Å². The largest absolute Gasteiger partial charge is 0.313 e. The van der Waals surface area contributed by atoms with Gasteiger partial charge in [-0.05, 0) is 185 Å². The Morgan fingerprint density at radius 1 is 0.449 bits per heavy atom. The summed E-state index contributed by atoms with van der Waals surface area (Å²) in [6, 6.07) is 0. The molecular weight excluding hydrogens is 601 g/mol. The van der Waals surface area contributed by atoms with Crippen LogP contribution >= 0.6 is 0 Å². The number of nitrogens with zero attached hydrogens (tertiary/aromatic N) is 6.